The van der Waals surface area contributed by atoms with E-state index in [2.05, 4.69) is 27.8 Å². The van der Waals surface area contributed by atoms with E-state index in [9.17, 15) is 28.8 Å². The maximum Gasteiger partial charge on any atom is 0.316 e. The first-order valence-corrected chi connectivity index (χ1v) is 18.0. The van der Waals surface area contributed by atoms with E-state index in [1.54, 1.807) is 11.3 Å². The summed E-state index contributed by atoms with van der Waals surface area (Å²) in [4.78, 5) is 81.5. The number of nitrogens with two attached hydrogens (primary N) is 1. The first-order chi connectivity index (χ1) is 22.5. The van der Waals surface area contributed by atoms with Gasteiger partial charge < -0.3 is 31.9 Å². The number of urea groups is 1. The third-order valence-electron chi connectivity index (χ3n) is 9.93. The minimum atomic E-state index is -1.13. The van der Waals surface area contributed by atoms with E-state index in [4.69, 9.17) is 5.73 Å². The molecule has 1 aromatic heterocycles. The highest BCUT2D eigenvalue weighted by molar-refractivity contribution is 7.07. The molecule has 0 spiro atoms. The van der Waals surface area contributed by atoms with Gasteiger partial charge in [-0.15, -0.1) is 0 Å². The topological polar surface area (TPSA) is 180 Å². The van der Waals surface area contributed by atoms with Crippen LogP contribution < -0.4 is 27.0 Å². The number of nitrogens with zero attached hydrogens (tertiary/aromatic N) is 1. The summed E-state index contributed by atoms with van der Waals surface area (Å²) in [7, 11) is 0. The predicted molar refractivity (Wildman–Crippen MR) is 183 cm³/mol. The second-order valence-electron chi connectivity index (χ2n) is 15.1. The van der Waals surface area contributed by atoms with Gasteiger partial charge in [-0.2, -0.15) is 11.3 Å². The largest absolute Gasteiger partial charge is 0.363 e. The Kier molecular flexibility index (Phi) is 11.8. The lowest BCUT2D eigenvalue weighted by Crippen LogP contribution is -2.65. The molecule has 4 rings (SSSR count). The summed E-state index contributed by atoms with van der Waals surface area (Å²) in [6, 6.07) is -1.99. The molecule has 0 bridgehead atoms. The van der Waals surface area contributed by atoms with Crippen LogP contribution in [0, 0.1) is 23.2 Å². The van der Waals surface area contributed by atoms with E-state index in [0.29, 0.717) is 31.4 Å². The summed E-state index contributed by atoms with van der Waals surface area (Å²) in [5, 5.41) is 15.4. The molecule has 1 aromatic rings. The van der Waals surface area contributed by atoms with Crippen molar-refractivity contribution in [2.75, 3.05) is 6.54 Å². The number of nitrogens with one attached hydrogen (secondary N) is 4. The Balaban J connectivity index is 1.54. The third-order valence-corrected chi connectivity index (χ3v) is 10.7. The van der Waals surface area contributed by atoms with E-state index >= 15 is 0 Å². The van der Waals surface area contributed by atoms with Crippen molar-refractivity contribution < 1.29 is 28.8 Å². The molecular formula is C35H52N6O6S. The van der Waals surface area contributed by atoms with Gasteiger partial charge in [-0.25, -0.2) is 4.79 Å². The van der Waals surface area contributed by atoms with Crippen LogP contribution in [0.1, 0.15) is 91.5 Å². The van der Waals surface area contributed by atoms with Crippen molar-refractivity contribution in [2.24, 2.45) is 28.9 Å². The number of amides is 6. The maximum absolute atomic E-state index is 14.5. The third kappa shape index (κ3) is 8.83. The van der Waals surface area contributed by atoms with Crippen molar-refractivity contribution in [3.8, 4) is 0 Å². The molecule has 6 amide bonds. The normalized spacial score (nSPS) is 22.0. The second kappa shape index (κ2) is 15.2. The number of carbonyl (C=O) groups excluding carboxylic acids is 6. The molecular weight excluding hydrogens is 632 g/mol. The van der Waals surface area contributed by atoms with Gasteiger partial charge in [0, 0.05) is 19.0 Å². The molecule has 0 radical (unpaired) electrons. The van der Waals surface area contributed by atoms with Crippen LogP contribution in [0.15, 0.2) is 29.0 Å². The molecule has 1 saturated heterocycles. The van der Waals surface area contributed by atoms with Crippen molar-refractivity contribution in [3.63, 3.8) is 0 Å². The van der Waals surface area contributed by atoms with Crippen LogP contribution in [-0.2, 0) is 30.5 Å². The summed E-state index contributed by atoms with van der Waals surface area (Å²) >= 11 is 1.54. The van der Waals surface area contributed by atoms with Crippen molar-refractivity contribution in [2.45, 2.75) is 116 Å². The number of primary amides is 1. The molecule has 13 heteroatoms. The Bertz CT molecular complexity index is 1390. The van der Waals surface area contributed by atoms with Gasteiger partial charge in [-0.1, -0.05) is 73.3 Å². The van der Waals surface area contributed by atoms with Crippen LogP contribution >= 0.6 is 11.3 Å². The molecule has 3 fully saturated rings. The quantitative estimate of drug-likeness (QED) is 0.157. The zero-order valence-electron chi connectivity index (χ0n) is 28.9. The highest BCUT2D eigenvalue weighted by Gasteiger charge is 2.49. The van der Waals surface area contributed by atoms with Crippen molar-refractivity contribution >= 4 is 46.8 Å². The van der Waals surface area contributed by atoms with E-state index in [1.165, 1.54) is 4.90 Å². The average Bonchev–Trinajstić information content (AvgIpc) is 3.54. The smallest absolute Gasteiger partial charge is 0.316 e. The Morgan fingerprint density at radius 1 is 1.06 bits per heavy atom. The molecule has 264 valence electrons. The zero-order chi connectivity index (χ0) is 35.4. The lowest BCUT2D eigenvalue weighted by molar-refractivity contribution is -0.142. The molecule has 1 aliphatic heterocycles. The number of rotatable bonds is 13. The van der Waals surface area contributed by atoms with Crippen LogP contribution in [0.2, 0.25) is 0 Å². The van der Waals surface area contributed by atoms with Crippen LogP contribution in [0.4, 0.5) is 4.79 Å². The van der Waals surface area contributed by atoms with Gasteiger partial charge >= 0.3 is 6.03 Å². The average molecular weight is 685 g/mol. The van der Waals surface area contributed by atoms with Crippen LogP contribution in [-0.4, -0.2) is 70.6 Å². The summed E-state index contributed by atoms with van der Waals surface area (Å²) in [5.41, 5.74) is 4.89. The molecule has 1 unspecified atom stereocenters. The number of Topliss-reactive ketones (excluding diaryl/α,β-unsaturated/α-hetero) is 1. The zero-order valence-corrected chi connectivity index (χ0v) is 29.7. The molecule has 2 aliphatic carbocycles. The van der Waals surface area contributed by atoms with E-state index in [1.807, 2.05) is 51.4 Å². The summed E-state index contributed by atoms with van der Waals surface area (Å²) in [6.45, 7) is 14.1. The molecule has 48 heavy (non-hydrogen) atoms. The van der Waals surface area contributed by atoms with Crippen LogP contribution in [0.25, 0.3) is 0 Å². The van der Waals surface area contributed by atoms with Crippen LogP contribution in [0.5, 0.6) is 0 Å². The number of thiophene rings is 1. The van der Waals surface area contributed by atoms with Gasteiger partial charge in [0.1, 0.15) is 17.6 Å². The molecule has 0 aromatic carbocycles. The highest BCUT2D eigenvalue weighted by Crippen LogP contribution is 2.37. The molecule has 6 N–H and O–H groups in total. The Labute approximate surface area is 287 Å². The molecule has 12 nitrogen and oxygen atoms in total. The second-order valence-corrected chi connectivity index (χ2v) is 15.9. The van der Waals surface area contributed by atoms with Crippen molar-refractivity contribution in [3.05, 3.63) is 34.5 Å². The number of ketones is 1. The van der Waals surface area contributed by atoms with E-state index in [-0.39, 0.29) is 30.2 Å². The summed E-state index contributed by atoms with van der Waals surface area (Å²) < 4.78 is 0. The van der Waals surface area contributed by atoms with E-state index < -0.39 is 58.6 Å². The lowest BCUT2D eigenvalue weighted by atomic mass is 9.80. The van der Waals surface area contributed by atoms with Gasteiger partial charge in [0.2, 0.25) is 23.5 Å². The van der Waals surface area contributed by atoms with E-state index in [0.717, 1.165) is 37.7 Å². The minimum Gasteiger partial charge on any atom is -0.363 e. The Morgan fingerprint density at radius 2 is 1.73 bits per heavy atom. The first kappa shape index (κ1) is 37.1. The molecule has 2 saturated carbocycles. The number of hydrogen-bond acceptors (Lipinski definition) is 7. The van der Waals surface area contributed by atoms with Gasteiger partial charge in [0.05, 0.1) is 6.04 Å². The minimum absolute atomic E-state index is 0.0446. The fourth-order valence-electron chi connectivity index (χ4n) is 6.85. The first-order valence-electron chi connectivity index (χ1n) is 17.0. The highest BCUT2D eigenvalue weighted by atomic mass is 32.1. The SMILES string of the molecule is C=C1[C@@H](C(=O)NC(CC2CC2)C(=O)C(N)=O)N(C(=O)[C@@H](NC(=O)NC2(C(=O)NCc3ccsc3)CCCCC2)C(C)(C)C)C[C@@H]1C(C)C. The number of hydrogen-bond donors (Lipinski definition) is 5. The fraction of sp³-hybridized carbons (Fsp3) is 0.657. The van der Waals surface area contributed by atoms with Crippen LogP contribution in [0.3, 0.4) is 0 Å². The van der Waals surface area contributed by atoms with Gasteiger partial charge in [0.25, 0.3) is 5.91 Å². The number of carbonyl (C=O) groups is 6. The maximum atomic E-state index is 14.5. The Hall–Kier alpha value is -3.74. The monoisotopic (exact) mass is 684 g/mol. The molecule has 2 heterocycles. The van der Waals surface area contributed by atoms with Gasteiger partial charge in [0.15, 0.2) is 0 Å². The molecule has 4 atom stereocenters. The Morgan fingerprint density at radius 3 is 2.27 bits per heavy atom. The predicted octanol–water partition coefficient (Wildman–Crippen LogP) is 3.16. The van der Waals surface area contributed by atoms with Crippen molar-refractivity contribution in [1.82, 2.24) is 26.2 Å². The van der Waals surface area contributed by atoms with Crippen molar-refractivity contribution in [1.29, 1.82) is 0 Å². The van der Waals surface area contributed by atoms with Gasteiger partial charge in [-0.3, -0.25) is 24.0 Å². The summed E-state index contributed by atoms with van der Waals surface area (Å²) in [6.07, 6.45) is 5.54. The number of likely N-dealkylation sites (tertiary alicyclic amines) is 1. The molecule has 3 aliphatic rings. The lowest BCUT2D eigenvalue weighted by Gasteiger charge is -2.39. The summed E-state index contributed by atoms with van der Waals surface area (Å²) in [5.74, 6) is -3.32. The standard InChI is InChI=1S/C35H52N6O6S/c1-20(2)24-18-41(26(21(24)3)30(44)38-25(16-22-10-11-22)27(42)29(36)43)31(45)28(34(4,5)6)39-33(47)40-35(13-8-7-9-14-35)32(46)37-17-23-12-15-48-19-23/h12,15,19-20,22,24-26,28H,3,7-11,13-14,16-18H2,1-2,4-6H3,(H2,36,43)(H,37,46)(H,38,44)(H2,39,40,47)/t24-,25?,26+,28-/m1/s1. The van der Waals surface area contributed by atoms with Gasteiger partial charge in [-0.05, 0) is 64.5 Å². The fourth-order valence-corrected chi connectivity index (χ4v) is 7.52.